The standard InChI is InChI=1S/C11H7ClFN3O5/c12-7-4-15(14-10(7)11(17)18)5-21-9-3-6(13)1-2-8(9)16(19)20/h1-4H,5H2,(H,17,18). The first-order chi connectivity index (χ1) is 9.88. The molecule has 0 spiro atoms. The number of carboxylic acids is 1. The van der Waals surface area contributed by atoms with Gasteiger partial charge in [0.2, 0.25) is 5.75 Å². The van der Waals surface area contributed by atoms with Crippen LogP contribution >= 0.6 is 11.6 Å². The Balaban J connectivity index is 2.20. The van der Waals surface area contributed by atoms with Crippen molar-refractivity contribution in [1.82, 2.24) is 9.78 Å². The molecule has 21 heavy (non-hydrogen) atoms. The zero-order chi connectivity index (χ0) is 15.6. The Bertz CT molecular complexity index is 718. The SMILES string of the molecule is O=C(O)c1nn(COc2cc(F)ccc2[N+](=O)[O-])cc1Cl. The Morgan fingerprint density at radius 1 is 1.57 bits per heavy atom. The lowest BCUT2D eigenvalue weighted by Gasteiger charge is -2.06. The highest BCUT2D eigenvalue weighted by Gasteiger charge is 2.18. The van der Waals surface area contributed by atoms with E-state index < -0.39 is 22.4 Å². The molecule has 0 aliphatic carbocycles. The van der Waals surface area contributed by atoms with Gasteiger partial charge in [-0.3, -0.25) is 10.1 Å². The summed E-state index contributed by atoms with van der Waals surface area (Å²) in [6.45, 7) is -0.364. The lowest BCUT2D eigenvalue weighted by Crippen LogP contribution is -2.08. The summed E-state index contributed by atoms with van der Waals surface area (Å²) in [5.41, 5.74) is -0.804. The molecule has 0 atom stereocenters. The van der Waals surface area contributed by atoms with Crippen molar-refractivity contribution in [2.45, 2.75) is 6.73 Å². The van der Waals surface area contributed by atoms with Gasteiger partial charge in [0.1, 0.15) is 5.82 Å². The number of hydrogen-bond donors (Lipinski definition) is 1. The van der Waals surface area contributed by atoms with Crippen molar-refractivity contribution in [1.29, 1.82) is 0 Å². The van der Waals surface area contributed by atoms with Gasteiger partial charge >= 0.3 is 11.7 Å². The van der Waals surface area contributed by atoms with Gasteiger partial charge in [-0.15, -0.1) is 0 Å². The number of aromatic nitrogens is 2. The molecule has 0 aliphatic heterocycles. The third-order valence-electron chi connectivity index (χ3n) is 2.39. The summed E-state index contributed by atoms with van der Waals surface area (Å²) in [4.78, 5) is 20.8. The molecule has 0 unspecified atom stereocenters. The second-order valence-corrected chi connectivity index (χ2v) is 4.22. The van der Waals surface area contributed by atoms with E-state index in [1.165, 1.54) is 6.20 Å². The predicted octanol–water partition coefficient (Wildman–Crippen LogP) is 2.32. The van der Waals surface area contributed by atoms with Gasteiger partial charge in [-0.25, -0.2) is 13.9 Å². The average molecular weight is 316 g/mol. The number of halogens is 2. The van der Waals surface area contributed by atoms with Crippen molar-refractivity contribution >= 4 is 23.3 Å². The quantitative estimate of drug-likeness (QED) is 0.670. The van der Waals surface area contributed by atoms with E-state index in [-0.39, 0.29) is 23.2 Å². The number of aromatic carboxylic acids is 1. The van der Waals surface area contributed by atoms with E-state index in [2.05, 4.69) is 5.10 Å². The fourth-order valence-electron chi connectivity index (χ4n) is 1.50. The summed E-state index contributed by atoms with van der Waals surface area (Å²) < 4.78 is 19.2. The summed E-state index contributed by atoms with van der Waals surface area (Å²) in [6.07, 6.45) is 1.18. The number of nitrogens with zero attached hydrogens (tertiary/aromatic N) is 3. The molecular weight excluding hydrogens is 309 g/mol. The van der Waals surface area contributed by atoms with Crippen molar-refractivity contribution in [2.75, 3.05) is 0 Å². The van der Waals surface area contributed by atoms with Crippen molar-refractivity contribution in [3.63, 3.8) is 0 Å². The number of nitro groups is 1. The zero-order valence-corrected chi connectivity index (χ0v) is 11.0. The minimum Gasteiger partial charge on any atom is -0.476 e. The Morgan fingerprint density at radius 2 is 2.29 bits per heavy atom. The van der Waals surface area contributed by atoms with Gasteiger partial charge in [0.05, 0.1) is 9.95 Å². The van der Waals surface area contributed by atoms with Crippen LogP contribution in [0.1, 0.15) is 10.5 Å². The third kappa shape index (κ3) is 3.26. The fraction of sp³-hybridized carbons (Fsp3) is 0.0909. The van der Waals surface area contributed by atoms with E-state index in [4.69, 9.17) is 21.4 Å². The van der Waals surface area contributed by atoms with E-state index in [1.807, 2.05) is 0 Å². The molecule has 0 fully saturated rings. The highest BCUT2D eigenvalue weighted by Crippen LogP contribution is 2.27. The Kier molecular flexibility index (Phi) is 4.03. The molecule has 110 valence electrons. The number of carboxylic acid groups (broad SMARTS) is 1. The predicted molar refractivity (Wildman–Crippen MR) is 67.9 cm³/mol. The molecule has 2 aromatic rings. The topological polar surface area (TPSA) is 107 Å². The number of ether oxygens (including phenoxy) is 1. The first-order valence-electron chi connectivity index (χ1n) is 5.41. The van der Waals surface area contributed by atoms with Crippen LogP contribution < -0.4 is 4.74 Å². The maximum absolute atomic E-state index is 13.1. The lowest BCUT2D eigenvalue weighted by molar-refractivity contribution is -0.386. The van der Waals surface area contributed by atoms with Crippen LogP contribution in [0.3, 0.4) is 0 Å². The molecule has 0 saturated carbocycles. The van der Waals surface area contributed by atoms with Crippen LogP contribution in [0.4, 0.5) is 10.1 Å². The monoisotopic (exact) mass is 315 g/mol. The van der Waals surface area contributed by atoms with Crippen LogP contribution in [0.15, 0.2) is 24.4 Å². The molecule has 0 aliphatic rings. The maximum Gasteiger partial charge on any atom is 0.357 e. The fourth-order valence-corrected chi connectivity index (χ4v) is 1.73. The number of hydrogen-bond acceptors (Lipinski definition) is 5. The largest absolute Gasteiger partial charge is 0.476 e. The van der Waals surface area contributed by atoms with E-state index >= 15 is 0 Å². The third-order valence-corrected chi connectivity index (χ3v) is 2.67. The first kappa shape index (κ1) is 14.7. The molecule has 0 saturated heterocycles. The number of benzene rings is 1. The smallest absolute Gasteiger partial charge is 0.357 e. The molecule has 0 radical (unpaired) electrons. The zero-order valence-electron chi connectivity index (χ0n) is 10.2. The normalized spacial score (nSPS) is 10.4. The van der Waals surface area contributed by atoms with Crippen LogP contribution in [-0.4, -0.2) is 25.8 Å². The summed E-state index contributed by atoms with van der Waals surface area (Å²) in [6, 6.07) is 2.74. The van der Waals surface area contributed by atoms with Gasteiger partial charge in [-0.1, -0.05) is 11.6 Å². The van der Waals surface area contributed by atoms with E-state index in [9.17, 15) is 19.3 Å². The number of carbonyl (C=O) groups is 1. The molecule has 0 amide bonds. The molecule has 2 rings (SSSR count). The highest BCUT2D eigenvalue weighted by atomic mass is 35.5. The highest BCUT2D eigenvalue weighted by molar-refractivity contribution is 6.33. The van der Waals surface area contributed by atoms with Gasteiger partial charge in [0, 0.05) is 18.3 Å². The van der Waals surface area contributed by atoms with E-state index in [0.29, 0.717) is 0 Å². The number of nitro benzene ring substituents is 1. The van der Waals surface area contributed by atoms with Crippen molar-refractivity contribution < 1.29 is 24.0 Å². The first-order valence-corrected chi connectivity index (χ1v) is 5.79. The summed E-state index contributed by atoms with van der Waals surface area (Å²) in [7, 11) is 0. The second kappa shape index (κ2) is 5.75. The van der Waals surface area contributed by atoms with Crippen LogP contribution in [0, 0.1) is 15.9 Å². The molecule has 1 heterocycles. The van der Waals surface area contributed by atoms with Gasteiger partial charge in [-0.05, 0) is 6.07 Å². The van der Waals surface area contributed by atoms with Crippen LogP contribution in [0.2, 0.25) is 5.02 Å². The lowest BCUT2D eigenvalue weighted by atomic mass is 10.3. The van der Waals surface area contributed by atoms with Gasteiger partial charge in [0.25, 0.3) is 0 Å². The van der Waals surface area contributed by atoms with Gasteiger partial charge in [-0.2, -0.15) is 5.10 Å². The van der Waals surface area contributed by atoms with Crippen LogP contribution in [0.5, 0.6) is 5.75 Å². The summed E-state index contributed by atoms with van der Waals surface area (Å²) >= 11 is 5.64. The molecule has 0 bridgehead atoms. The molecule has 1 N–H and O–H groups in total. The Morgan fingerprint density at radius 3 is 2.86 bits per heavy atom. The molecule has 1 aromatic carbocycles. The van der Waals surface area contributed by atoms with Crippen molar-refractivity contribution in [3.05, 3.63) is 51.0 Å². The Labute approximate surface area is 121 Å². The van der Waals surface area contributed by atoms with Crippen molar-refractivity contribution in [3.8, 4) is 5.75 Å². The minimum absolute atomic E-state index is 0.111. The average Bonchev–Trinajstić information content (AvgIpc) is 2.77. The molecule has 10 heteroatoms. The second-order valence-electron chi connectivity index (χ2n) is 3.81. The summed E-state index contributed by atoms with van der Waals surface area (Å²) in [5.74, 6) is -2.33. The summed E-state index contributed by atoms with van der Waals surface area (Å²) in [5, 5.41) is 23.1. The van der Waals surface area contributed by atoms with E-state index in [1.54, 1.807) is 0 Å². The Hall–Kier alpha value is -2.68. The van der Waals surface area contributed by atoms with Crippen molar-refractivity contribution in [2.24, 2.45) is 0 Å². The molecular formula is C11H7ClFN3O5. The van der Waals surface area contributed by atoms with E-state index in [0.717, 1.165) is 22.9 Å². The van der Waals surface area contributed by atoms with Gasteiger partial charge in [0.15, 0.2) is 12.4 Å². The van der Waals surface area contributed by atoms with Crippen LogP contribution in [0.25, 0.3) is 0 Å². The molecule has 1 aromatic heterocycles. The molecule has 8 nitrogen and oxygen atoms in total. The minimum atomic E-state index is -1.32. The van der Waals surface area contributed by atoms with Gasteiger partial charge < -0.3 is 9.84 Å². The van der Waals surface area contributed by atoms with Crippen LogP contribution in [-0.2, 0) is 6.73 Å². The number of rotatable bonds is 5. The maximum atomic E-state index is 13.1.